The average Bonchev–Trinajstić information content (AvgIpc) is 3.34. The van der Waals surface area contributed by atoms with E-state index in [1.165, 1.54) is 12.1 Å². The number of phenolic OH excluding ortho intramolecular Hbond substituents is 1. The van der Waals surface area contributed by atoms with Gasteiger partial charge in [0.2, 0.25) is 0 Å². The number of nitrogens with one attached hydrogen (secondary N) is 2. The highest BCUT2D eigenvalue weighted by Crippen LogP contribution is 2.41. The molecule has 33 heavy (non-hydrogen) atoms. The van der Waals surface area contributed by atoms with Crippen molar-refractivity contribution in [1.29, 1.82) is 0 Å². The molecule has 0 aromatic heterocycles. The van der Waals surface area contributed by atoms with Crippen LogP contribution in [0, 0.1) is 0 Å². The van der Waals surface area contributed by atoms with Crippen molar-refractivity contribution in [2.45, 2.75) is 35.8 Å². The van der Waals surface area contributed by atoms with E-state index in [4.69, 9.17) is 16.3 Å². The molecule has 7 nitrogen and oxygen atoms in total. The normalized spacial score (nSPS) is 14.1. The molecular formula is C24H23ClN2O5S. The van der Waals surface area contributed by atoms with E-state index in [2.05, 4.69) is 10.6 Å². The number of carbonyl (C=O) groups excluding carboxylic acids is 1. The minimum absolute atomic E-state index is 0.0602. The van der Waals surface area contributed by atoms with Crippen LogP contribution >= 0.6 is 11.6 Å². The van der Waals surface area contributed by atoms with E-state index in [1.807, 2.05) is 18.2 Å². The number of urea groups is 1. The molecule has 1 saturated carbocycles. The van der Waals surface area contributed by atoms with Gasteiger partial charge in [-0.05, 0) is 49.2 Å². The van der Waals surface area contributed by atoms with Crippen molar-refractivity contribution in [2.75, 3.05) is 10.6 Å². The van der Waals surface area contributed by atoms with Gasteiger partial charge in [0.25, 0.3) is 0 Å². The number of para-hydroxylation sites is 3. The Morgan fingerprint density at radius 3 is 2.27 bits per heavy atom. The van der Waals surface area contributed by atoms with E-state index >= 15 is 0 Å². The number of rotatable bonds is 6. The predicted octanol–water partition coefficient (Wildman–Crippen LogP) is 6.20. The van der Waals surface area contributed by atoms with Gasteiger partial charge in [0.15, 0.2) is 21.3 Å². The van der Waals surface area contributed by atoms with Crippen molar-refractivity contribution >= 4 is 38.8 Å². The molecule has 0 atom stereocenters. The second-order valence-electron chi connectivity index (χ2n) is 7.71. The van der Waals surface area contributed by atoms with Crippen LogP contribution in [0.4, 0.5) is 16.2 Å². The van der Waals surface area contributed by atoms with Crippen LogP contribution in [0.1, 0.15) is 25.7 Å². The molecule has 1 aliphatic carbocycles. The van der Waals surface area contributed by atoms with Crippen LogP contribution in [-0.2, 0) is 9.84 Å². The van der Waals surface area contributed by atoms with Gasteiger partial charge < -0.3 is 20.5 Å². The lowest BCUT2D eigenvalue weighted by molar-refractivity contribution is 0.262. The third kappa shape index (κ3) is 5.07. The summed E-state index contributed by atoms with van der Waals surface area (Å²) in [5.41, 5.74) is 0.334. The van der Waals surface area contributed by atoms with Gasteiger partial charge in [-0.1, -0.05) is 54.8 Å². The number of benzene rings is 3. The Kier molecular flexibility index (Phi) is 6.76. The zero-order valence-electron chi connectivity index (χ0n) is 17.6. The number of halogens is 1. The topological polar surface area (TPSA) is 105 Å². The zero-order valence-corrected chi connectivity index (χ0v) is 19.2. The number of anilines is 2. The van der Waals surface area contributed by atoms with Crippen molar-refractivity contribution in [3.05, 3.63) is 71.8 Å². The summed E-state index contributed by atoms with van der Waals surface area (Å²) in [4.78, 5) is 12.3. The lowest BCUT2D eigenvalue weighted by Gasteiger charge is -2.17. The van der Waals surface area contributed by atoms with Crippen LogP contribution in [0.5, 0.6) is 17.2 Å². The van der Waals surface area contributed by atoms with Crippen LogP contribution in [0.15, 0.2) is 71.6 Å². The maximum atomic E-state index is 13.0. The summed E-state index contributed by atoms with van der Waals surface area (Å²) in [5.74, 6) is 0.450. The maximum Gasteiger partial charge on any atom is 0.323 e. The highest BCUT2D eigenvalue weighted by Gasteiger charge is 2.35. The number of carbonyl (C=O) groups is 1. The molecule has 2 amide bonds. The first-order chi connectivity index (χ1) is 15.9. The molecule has 9 heteroatoms. The molecule has 3 N–H and O–H groups in total. The predicted molar refractivity (Wildman–Crippen MR) is 128 cm³/mol. The summed E-state index contributed by atoms with van der Waals surface area (Å²) in [5, 5.41) is 15.2. The highest BCUT2D eigenvalue weighted by molar-refractivity contribution is 7.92. The SMILES string of the molecule is O=C(Nc1ccccc1Oc1ccccc1)Nc1ccc(Cl)c(S(=O)(=O)C2CCCC2)c1O. The molecule has 172 valence electrons. The number of ether oxygens (including phenoxy) is 1. The second-order valence-corrected chi connectivity index (χ2v) is 10.3. The van der Waals surface area contributed by atoms with Gasteiger partial charge in [0.1, 0.15) is 10.6 Å². The molecule has 0 heterocycles. The third-order valence-electron chi connectivity index (χ3n) is 5.46. The third-order valence-corrected chi connectivity index (χ3v) is 8.22. The largest absolute Gasteiger partial charge is 0.504 e. The Morgan fingerprint density at radius 2 is 1.55 bits per heavy atom. The molecule has 0 radical (unpaired) electrons. The molecule has 3 aromatic rings. The molecule has 1 aliphatic rings. The first kappa shape index (κ1) is 22.9. The van der Waals surface area contributed by atoms with Crippen LogP contribution in [-0.4, -0.2) is 24.8 Å². The average molecular weight is 487 g/mol. The van der Waals surface area contributed by atoms with E-state index in [0.29, 0.717) is 30.0 Å². The molecular weight excluding hydrogens is 464 g/mol. The molecule has 3 aromatic carbocycles. The fraction of sp³-hybridized carbons (Fsp3) is 0.208. The van der Waals surface area contributed by atoms with Crippen molar-refractivity contribution in [2.24, 2.45) is 0 Å². The molecule has 0 saturated heterocycles. The van der Waals surface area contributed by atoms with Crippen molar-refractivity contribution in [3.8, 4) is 17.2 Å². The zero-order chi connectivity index (χ0) is 23.4. The Labute approximate surface area is 197 Å². The molecule has 1 fully saturated rings. The van der Waals surface area contributed by atoms with Gasteiger partial charge in [0.05, 0.1) is 21.6 Å². The van der Waals surface area contributed by atoms with Gasteiger partial charge in [-0.3, -0.25) is 0 Å². The van der Waals surface area contributed by atoms with E-state index in [-0.39, 0.29) is 15.6 Å². The molecule has 0 spiro atoms. The molecule has 0 bridgehead atoms. The fourth-order valence-corrected chi connectivity index (χ4v) is 6.32. The number of hydrogen-bond acceptors (Lipinski definition) is 5. The quantitative estimate of drug-likeness (QED) is 0.360. The Bertz CT molecular complexity index is 1260. The number of phenols is 1. The lowest BCUT2D eigenvalue weighted by Crippen LogP contribution is -2.21. The summed E-state index contributed by atoms with van der Waals surface area (Å²) < 4.78 is 31.9. The summed E-state index contributed by atoms with van der Waals surface area (Å²) in [6.07, 6.45) is 2.67. The summed E-state index contributed by atoms with van der Waals surface area (Å²) in [6, 6.07) is 18.0. The summed E-state index contributed by atoms with van der Waals surface area (Å²) in [7, 11) is -3.83. The first-order valence-corrected chi connectivity index (χ1v) is 12.4. The molecule has 0 aliphatic heterocycles. The van der Waals surface area contributed by atoms with Crippen molar-refractivity contribution < 1.29 is 23.1 Å². The van der Waals surface area contributed by atoms with E-state index in [1.54, 1.807) is 36.4 Å². The van der Waals surface area contributed by atoms with Crippen LogP contribution in [0.25, 0.3) is 0 Å². The van der Waals surface area contributed by atoms with Crippen molar-refractivity contribution in [1.82, 2.24) is 0 Å². The fourth-order valence-electron chi connectivity index (χ4n) is 3.83. The van der Waals surface area contributed by atoms with Crippen LogP contribution in [0.2, 0.25) is 5.02 Å². The molecule has 0 unspecified atom stereocenters. The Hall–Kier alpha value is -3.23. The smallest absolute Gasteiger partial charge is 0.323 e. The highest BCUT2D eigenvalue weighted by atomic mass is 35.5. The first-order valence-electron chi connectivity index (χ1n) is 10.5. The number of amides is 2. The van der Waals surface area contributed by atoms with Gasteiger partial charge in [-0.25, -0.2) is 13.2 Å². The van der Waals surface area contributed by atoms with E-state index in [0.717, 1.165) is 12.8 Å². The van der Waals surface area contributed by atoms with Crippen LogP contribution in [0.3, 0.4) is 0 Å². The number of aromatic hydroxyl groups is 1. The van der Waals surface area contributed by atoms with E-state index < -0.39 is 26.9 Å². The van der Waals surface area contributed by atoms with Gasteiger partial charge in [-0.2, -0.15) is 0 Å². The number of sulfone groups is 1. The molecule has 4 rings (SSSR count). The second kappa shape index (κ2) is 9.72. The van der Waals surface area contributed by atoms with Gasteiger partial charge in [0, 0.05) is 0 Å². The minimum Gasteiger partial charge on any atom is -0.504 e. The number of hydrogen-bond donors (Lipinski definition) is 3. The van der Waals surface area contributed by atoms with Crippen LogP contribution < -0.4 is 15.4 Å². The lowest BCUT2D eigenvalue weighted by atomic mass is 10.2. The maximum absolute atomic E-state index is 13.0. The van der Waals surface area contributed by atoms with E-state index in [9.17, 15) is 18.3 Å². The standard InChI is InChI=1S/C24H23ClN2O5S/c25-18-14-15-20(22(28)23(18)33(30,31)17-10-4-5-11-17)27-24(29)26-19-12-6-7-13-21(19)32-16-8-2-1-3-9-16/h1-3,6-9,12-15,17,28H,4-5,10-11H2,(H2,26,27,29). The van der Waals surface area contributed by atoms with Gasteiger partial charge in [-0.15, -0.1) is 0 Å². The monoisotopic (exact) mass is 486 g/mol. The Morgan fingerprint density at radius 1 is 0.909 bits per heavy atom. The summed E-state index contributed by atoms with van der Waals surface area (Å²) in [6.45, 7) is 0. The minimum atomic E-state index is -3.83. The van der Waals surface area contributed by atoms with Gasteiger partial charge >= 0.3 is 6.03 Å². The van der Waals surface area contributed by atoms with Crippen molar-refractivity contribution in [3.63, 3.8) is 0 Å². The summed E-state index contributed by atoms with van der Waals surface area (Å²) >= 11 is 6.14. The Balaban J connectivity index is 1.54.